The molecule has 8 nitrogen and oxygen atoms in total. The molecule has 1 aliphatic rings. The van der Waals surface area contributed by atoms with Crippen molar-refractivity contribution in [2.45, 2.75) is 12.8 Å². The number of nitrogens with one attached hydrogen (secondary N) is 1. The van der Waals surface area contributed by atoms with Crippen LogP contribution in [-0.2, 0) is 6.54 Å². The van der Waals surface area contributed by atoms with Gasteiger partial charge in [-0.25, -0.2) is 20.1 Å². The minimum atomic E-state index is -0.886. The summed E-state index contributed by atoms with van der Waals surface area (Å²) < 4.78 is 0. The Labute approximate surface area is 107 Å². The van der Waals surface area contributed by atoms with E-state index in [1.54, 1.807) is 12.1 Å². The second-order valence-electron chi connectivity index (χ2n) is 3.63. The molecule has 0 amide bonds. The van der Waals surface area contributed by atoms with Gasteiger partial charge in [0.2, 0.25) is 0 Å². The highest BCUT2D eigenvalue weighted by Crippen LogP contribution is 2.13. The third kappa shape index (κ3) is 2.84. The highest BCUT2D eigenvalue weighted by Gasteiger charge is 2.28. The van der Waals surface area contributed by atoms with E-state index >= 15 is 0 Å². The van der Waals surface area contributed by atoms with Crippen molar-refractivity contribution in [3.8, 4) is 0 Å². The monoisotopic (exact) mass is 274 g/mol. The van der Waals surface area contributed by atoms with Gasteiger partial charge in [0.1, 0.15) is 11.4 Å². The molecule has 18 heavy (non-hydrogen) atoms. The molecule has 2 N–H and O–H groups in total. The first-order valence-electron chi connectivity index (χ1n) is 5.07. The van der Waals surface area contributed by atoms with E-state index in [0.29, 0.717) is 5.15 Å². The molecular formula is C9H10ClN5O3. The van der Waals surface area contributed by atoms with Gasteiger partial charge in [-0.15, -0.1) is 0 Å². The molecule has 0 saturated carbocycles. The van der Waals surface area contributed by atoms with Crippen LogP contribution in [0, 0.1) is 10.1 Å². The van der Waals surface area contributed by atoms with Crippen LogP contribution < -0.4 is 5.43 Å². The standard InChI is InChI=1S/C9H10ClN5O3/c10-7-2-1-6(3-11-7)5-14-8(16)4-12-9(14)13-15(17)18/h1-3,8,16H,4-5H2,(H,12,13)/i9+1,12+1,13+1. The van der Waals surface area contributed by atoms with Crippen LogP contribution in [0.2, 0.25) is 5.15 Å². The van der Waals surface area contributed by atoms with Crippen molar-refractivity contribution in [3.63, 3.8) is 0 Å². The summed E-state index contributed by atoms with van der Waals surface area (Å²) in [5.41, 5.74) is 2.71. The van der Waals surface area contributed by atoms with E-state index in [-0.39, 0.29) is 19.0 Å². The molecule has 0 bridgehead atoms. The maximum absolute atomic E-state index is 10.4. The molecule has 2 rings (SSSR count). The Balaban J connectivity index is 2.08. The maximum Gasteiger partial charge on any atom is 0.259 e. The highest BCUT2D eigenvalue weighted by molar-refractivity contribution is 6.29. The van der Waals surface area contributed by atoms with Crippen molar-refractivity contribution in [2.75, 3.05) is 6.54 Å². The van der Waals surface area contributed by atoms with Gasteiger partial charge in [-0.05, 0) is 11.6 Å². The van der Waals surface area contributed by atoms with Crippen LogP contribution >= 0.6 is 11.6 Å². The van der Waals surface area contributed by atoms with E-state index in [1.165, 1.54) is 11.1 Å². The molecule has 0 saturated heterocycles. The molecule has 9 heteroatoms. The largest absolute Gasteiger partial charge is 0.372 e. The van der Waals surface area contributed by atoms with Crippen LogP contribution in [-0.4, -0.2) is 38.8 Å². The fourth-order valence-corrected chi connectivity index (χ4v) is 1.67. The van der Waals surface area contributed by atoms with Gasteiger partial charge >= 0.3 is 0 Å². The molecule has 2 heterocycles. The molecule has 1 aromatic rings. The predicted octanol–water partition coefficient (Wildman–Crippen LogP) is 0.00630. The number of aliphatic imine (C=N–C) groups is 1. The predicted molar refractivity (Wildman–Crippen MR) is 63.2 cm³/mol. The Bertz CT molecular complexity index is 478. The van der Waals surface area contributed by atoms with Crippen molar-refractivity contribution in [1.29, 1.82) is 0 Å². The summed E-state index contributed by atoms with van der Waals surface area (Å²) >= 11 is 5.66. The van der Waals surface area contributed by atoms with Crippen LogP contribution in [0.4, 0.5) is 0 Å². The van der Waals surface area contributed by atoms with Crippen molar-refractivity contribution < 1.29 is 10.1 Å². The van der Waals surface area contributed by atoms with Crippen LogP contribution in [0.25, 0.3) is 0 Å². The van der Waals surface area contributed by atoms with Gasteiger partial charge in [0.15, 0.2) is 5.03 Å². The number of guanidine groups is 1. The van der Waals surface area contributed by atoms with E-state index in [0.717, 1.165) is 5.56 Å². The zero-order chi connectivity index (χ0) is 13.1. The molecular weight excluding hydrogens is 265 g/mol. The van der Waals surface area contributed by atoms with Gasteiger partial charge < -0.3 is 10.0 Å². The first-order chi connectivity index (χ1) is 8.56. The minimum Gasteiger partial charge on any atom is -0.372 e. The average Bonchev–Trinajstić information content (AvgIpc) is 2.64. The second kappa shape index (κ2) is 5.15. The van der Waals surface area contributed by atoms with Gasteiger partial charge in [0, 0.05) is 6.20 Å². The Kier molecular flexibility index (Phi) is 3.58. The molecule has 1 atom stereocenters. The zero-order valence-corrected chi connectivity index (χ0v) is 9.91. The number of nitrogens with zero attached hydrogens (tertiary/aromatic N) is 4. The number of hydrogen-bond donors (Lipinski definition) is 2. The third-order valence-electron chi connectivity index (χ3n) is 2.37. The van der Waals surface area contributed by atoms with Crippen LogP contribution in [0.15, 0.2) is 23.3 Å². The molecule has 0 fully saturated rings. The minimum absolute atomic E-state index is 0.0300. The molecule has 0 spiro atoms. The number of pyridine rings is 1. The number of aliphatic hydroxyl groups is 1. The summed E-state index contributed by atoms with van der Waals surface area (Å²) in [5.74, 6) is 0.0300. The highest BCUT2D eigenvalue weighted by atomic mass is 35.5. The smallest absolute Gasteiger partial charge is 0.259 e. The summed E-state index contributed by atoms with van der Waals surface area (Å²) in [6, 6.07) is 3.33. The summed E-state index contributed by atoms with van der Waals surface area (Å²) in [5, 5.41) is 19.7. The van der Waals surface area contributed by atoms with Crippen molar-refractivity contribution >= 4 is 17.6 Å². The number of hydrogen-bond acceptors (Lipinski definition) is 6. The Morgan fingerprint density at radius 1 is 1.67 bits per heavy atom. The summed E-state index contributed by atoms with van der Waals surface area (Å²) in [4.78, 5) is 19.5. The number of halogens is 1. The lowest BCUT2D eigenvalue weighted by atomic mass is 10.3. The summed E-state index contributed by atoms with van der Waals surface area (Å²) in [6.07, 6.45) is 0.653. The van der Waals surface area contributed by atoms with Crippen LogP contribution in [0.1, 0.15) is 5.56 Å². The number of hydrazine groups is 1. The van der Waals surface area contributed by atoms with E-state index < -0.39 is 11.3 Å². The molecule has 1 aromatic heterocycles. The fraction of sp³-hybridized carbons (Fsp3) is 0.333. The Hall–Kier alpha value is -1.93. The van der Waals surface area contributed by atoms with Crippen molar-refractivity contribution in [3.05, 3.63) is 39.2 Å². The first kappa shape index (κ1) is 12.5. The Morgan fingerprint density at radius 2 is 2.44 bits per heavy atom. The fourth-order valence-electron chi connectivity index (χ4n) is 1.56. The zero-order valence-electron chi connectivity index (χ0n) is 9.15. The number of aliphatic hydroxyl groups excluding tert-OH is 1. The second-order valence-corrected chi connectivity index (χ2v) is 4.02. The normalized spacial score (nSPS) is 18.7. The topological polar surface area (TPSA) is 104 Å². The van der Waals surface area contributed by atoms with Crippen LogP contribution in [0.3, 0.4) is 0 Å². The van der Waals surface area contributed by atoms with Crippen molar-refractivity contribution in [2.24, 2.45) is 4.99 Å². The number of nitro groups is 1. The van der Waals surface area contributed by atoms with Gasteiger partial charge in [-0.2, -0.15) is 0 Å². The van der Waals surface area contributed by atoms with E-state index in [1.807, 2.05) is 5.43 Å². The maximum atomic E-state index is 10.4. The summed E-state index contributed by atoms with van der Waals surface area (Å²) in [6.45, 7) is 0.349. The Morgan fingerprint density at radius 3 is 3.06 bits per heavy atom. The molecule has 0 aliphatic carbocycles. The number of aromatic nitrogens is 1. The first-order valence-corrected chi connectivity index (χ1v) is 5.44. The number of rotatable bonds is 3. The molecule has 96 valence electrons. The lowest BCUT2D eigenvalue weighted by Crippen LogP contribution is -2.44. The molecule has 1 aliphatic heterocycles. The van der Waals surface area contributed by atoms with E-state index in [4.69, 9.17) is 11.6 Å². The molecule has 0 radical (unpaired) electrons. The van der Waals surface area contributed by atoms with Crippen LogP contribution in [0.5, 0.6) is 0 Å². The van der Waals surface area contributed by atoms with Gasteiger partial charge in [0.25, 0.3) is 5.96 Å². The molecule has 0 aromatic carbocycles. The summed E-state index contributed by atoms with van der Waals surface area (Å²) in [7, 11) is 0. The van der Waals surface area contributed by atoms with Gasteiger partial charge in [-0.1, -0.05) is 23.1 Å². The average molecular weight is 275 g/mol. The van der Waals surface area contributed by atoms with E-state index in [9.17, 15) is 15.2 Å². The quantitative estimate of drug-likeness (QED) is 0.264. The third-order valence-corrected chi connectivity index (χ3v) is 2.59. The van der Waals surface area contributed by atoms with Crippen molar-refractivity contribution in [1.82, 2.24) is 15.3 Å². The van der Waals surface area contributed by atoms with Gasteiger partial charge in [-0.3, -0.25) is 0 Å². The lowest BCUT2D eigenvalue weighted by Gasteiger charge is -2.22. The van der Waals surface area contributed by atoms with E-state index in [2.05, 4.69) is 9.98 Å². The SMILES string of the molecule is O=[N+]([O-])[15NH][13C]1=[15N]CC(O)N1Cc1ccc(Cl)nc1. The molecule has 1 unspecified atom stereocenters. The lowest BCUT2D eigenvalue weighted by molar-refractivity contribution is -0.526. The van der Waals surface area contributed by atoms with Gasteiger partial charge in [0.05, 0.1) is 13.1 Å².